The van der Waals surface area contributed by atoms with Crippen LogP contribution in [0.3, 0.4) is 0 Å². The third-order valence-electron chi connectivity index (χ3n) is 5.42. The van der Waals surface area contributed by atoms with Gasteiger partial charge in [-0.2, -0.15) is 5.10 Å². The van der Waals surface area contributed by atoms with Crippen molar-refractivity contribution in [2.75, 3.05) is 13.6 Å². The average Bonchev–Trinajstić information content (AvgIpc) is 3.42. The number of nitrogens with one attached hydrogen (secondary N) is 2. The van der Waals surface area contributed by atoms with Crippen molar-refractivity contribution < 1.29 is 4.42 Å². The van der Waals surface area contributed by atoms with Crippen molar-refractivity contribution in [3.8, 4) is 17.1 Å². The summed E-state index contributed by atoms with van der Waals surface area (Å²) in [4.78, 5) is 8.95. The highest BCUT2D eigenvalue weighted by atomic mass is 16.3. The minimum Gasteiger partial charge on any atom is -0.444 e. The Labute approximate surface area is 194 Å². The molecule has 0 spiro atoms. The molecular formula is C26H30N6O. The van der Waals surface area contributed by atoms with E-state index in [0.29, 0.717) is 19.0 Å². The van der Waals surface area contributed by atoms with Gasteiger partial charge in [0.25, 0.3) is 0 Å². The molecule has 0 saturated heterocycles. The molecule has 2 N–H and O–H groups in total. The van der Waals surface area contributed by atoms with Crippen molar-refractivity contribution in [2.45, 2.75) is 33.7 Å². The van der Waals surface area contributed by atoms with Crippen molar-refractivity contribution in [2.24, 2.45) is 4.99 Å². The third kappa shape index (κ3) is 5.49. The van der Waals surface area contributed by atoms with Gasteiger partial charge in [-0.15, -0.1) is 0 Å². The fourth-order valence-electron chi connectivity index (χ4n) is 3.70. The van der Waals surface area contributed by atoms with E-state index in [9.17, 15) is 0 Å². The topological polar surface area (TPSA) is 80.3 Å². The standard InChI is InChI=1S/C26H30N6O/c1-18-9-11-21(12-10-18)25-30-23(17-33-25)13-14-28-26(27-4)29-16-22-7-5-6-8-24(22)32-20(3)15-19(2)31-32/h5-12,15,17H,13-14,16H2,1-4H3,(H2,27,28,29). The molecule has 0 aliphatic rings. The molecule has 0 atom stereocenters. The lowest BCUT2D eigenvalue weighted by Gasteiger charge is -2.15. The van der Waals surface area contributed by atoms with E-state index in [4.69, 9.17) is 4.42 Å². The van der Waals surface area contributed by atoms with Gasteiger partial charge in [0.05, 0.1) is 17.1 Å². The second kappa shape index (κ2) is 10.2. The van der Waals surface area contributed by atoms with Crippen LogP contribution < -0.4 is 10.6 Å². The van der Waals surface area contributed by atoms with Gasteiger partial charge < -0.3 is 15.1 Å². The highest BCUT2D eigenvalue weighted by Crippen LogP contribution is 2.19. The molecule has 2 aromatic heterocycles. The van der Waals surface area contributed by atoms with E-state index in [2.05, 4.69) is 69.9 Å². The molecule has 7 heteroatoms. The van der Waals surface area contributed by atoms with Gasteiger partial charge in [0, 0.05) is 37.8 Å². The van der Waals surface area contributed by atoms with Crippen LogP contribution in [-0.2, 0) is 13.0 Å². The first-order valence-electron chi connectivity index (χ1n) is 11.1. The van der Waals surface area contributed by atoms with Crippen LogP contribution in [0.25, 0.3) is 17.1 Å². The van der Waals surface area contributed by atoms with Crippen LogP contribution in [0, 0.1) is 20.8 Å². The molecule has 170 valence electrons. The van der Waals surface area contributed by atoms with Gasteiger partial charge in [-0.1, -0.05) is 35.9 Å². The largest absolute Gasteiger partial charge is 0.444 e. The Hall–Kier alpha value is -3.87. The Balaban J connectivity index is 1.32. The molecular weight excluding hydrogens is 412 g/mol. The molecule has 0 bridgehead atoms. The summed E-state index contributed by atoms with van der Waals surface area (Å²) in [6, 6.07) is 18.5. The quantitative estimate of drug-likeness (QED) is 0.328. The number of oxazole rings is 1. The maximum atomic E-state index is 5.65. The van der Waals surface area contributed by atoms with Crippen molar-refractivity contribution in [1.82, 2.24) is 25.4 Å². The smallest absolute Gasteiger partial charge is 0.226 e. The molecule has 33 heavy (non-hydrogen) atoms. The summed E-state index contributed by atoms with van der Waals surface area (Å²) in [5.74, 6) is 1.38. The average molecular weight is 443 g/mol. The van der Waals surface area contributed by atoms with Crippen molar-refractivity contribution in [3.63, 3.8) is 0 Å². The molecule has 2 heterocycles. The summed E-state index contributed by atoms with van der Waals surface area (Å²) in [7, 11) is 1.77. The lowest BCUT2D eigenvalue weighted by atomic mass is 10.1. The lowest BCUT2D eigenvalue weighted by Crippen LogP contribution is -2.38. The summed E-state index contributed by atoms with van der Waals surface area (Å²) in [6.07, 6.45) is 2.45. The van der Waals surface area contributed by atoms with Gasteiger partial charge in [0.2, 0.25) is 5.89 Å². The summed E-state index contributed by atoms with van der Waals surface area (Å²) in [5, 5.41) is 11.4. The Morgan fingerprint density at radius 1 is 1.03 bits per heavy atom. The van der Waals surface area contributed by atoms with E-state index < -0.39 is 0 Å². The molecule has 0 saturated carbocycles. The van der Waals surface area contributed by atoms with Gasteiger partial charge in [0.1, 0.15) is 6.26 Å². The van der Waals surface area contributed by atoms with Crippen molar-refractivity contribution in [3.05, 3.63) is 89.1 Å². The van der Waals surface area contributed by atoms with E-state index in [1.54, 1.807) is 13.3 Å². The predicted octanol–water partition coefficient (Wildman–Crippen LogP) is 4.36. The number of guanidine groups is 1. The van der Waals surface area contributed by atoms with Crippen LogP contribution in [-0.4, -0.2) is 34.3 Å². The Bertz CT molecular complexity index is 1240. The van der Waals surface area contributed by atoms with Gasteiger partial charge in [0.15, 0.2) is 5.96 Å². The minimum absolute atomic E-state index is 0.635. The van der Waals surface area contributed by atoms with Crippen LogP contribution in [0.4, 0.5) is 0 Å². The summed E-state index contributed by atoms with van der Waals surface area (Å²) >= 11 is 0. The fourth-order valence-corrected chi connectivity index (χ4v) is 3.70. The molecule has 0 amide bonds. The predicted molar refractivity (Wildman–Crippen MR) is 132 cm³/mol. The van der Waals surface area contributed by atoms with Crippen LogP contribution in [0.2, 0.25) is 0 Å². The van der Waals surface area contributed by atoms with Crippen molar-refractivity contribution in [1.29, 1.82) is 0 Å². The highest BCUT2D eigenvalue weighted by Gasteiger charge is 2.10. The van der Waals surface area contributed by atoms with E-state index in [-0.39, 0.29) is 0 Å². The number of aliphatic imine (C=N–C) groups is 1. The number of hydrogen-bond acceptors (Lipinski definition) is 4. The monoisotopic (exact) mass is 442 g/mol. The zero-order valence-electron chi connectivity index (χ0n) is 19.6. The Kier molecular flexibility index (Phi) is 6.88. The van der Waals surface area contributed by atoms with Gasteiger partial charge in [-0.05, 0) is 50.6 Å². The molecule has 0 aliphatic heterocycles. The number of aromatic nitrogens is 3. The molecule has 0 radical (unpaired) electrons. The van der Waals surface area contributed by atoms with E-state index >= 15 is 0 Å². The maximum Gasteiger partial charge on any atom is 0.226 e. The molecule has 0 fully saturated rings. The van der Waals surface area contributed by atoms with Gasteiger partial charge in [-0.25, -0.2) is 9.67 Å². The summed E-state index contributed by atoms with van der Waals surface area (Å²) in [6.45, 7) is 7.47. The number of benzene rings is 2. The van der Waals surface area contributed by atoms with Crippen LogP contribution in [0.1, 0.15) is 28.2 Å². The normalized spacial score (nSPS) is 11.6. The highest BCUT2D eigenvalue weighted by molar-refractivity contribution is 5.79. The second-order valence-corrected chi connectivity index (χ2v) is 8.08. The summed E-state index contributed by atoms with van der Waals surface area (Å²) in [5.41, 5.74) is 7.43. The van der Waals surface area contributed by atoms with Gasteiger partial charge in [-0.3, -0.25) is 4.99 Å². The fraction of sp³-hybridized carbons (Fsp3) is 0.269. The first-order valence-corrected chi connectivity index (χ1v) is 11.1. The zero-order chi connectivity index (χ0) is 23.2. The lowest BCUT2D eigenvalue weighted by molar-refractivity contribution is 0.572. The number of nitrogens with zero attached hydrogens (tertiary/aromatic N) is 4. The molecule has 7 nitrogen and oxygen atoms in total. The SMILES string of the molecule is CN=C(NCCc1coc(-c2ccc(C)cc2)n1)NCc1ccccc1-n1nc(C)cc1C. The summed E-state index contributed by atoms with van der Waals surface area (Å²) < 4.78 is 7.64. The second-order valence-electron chi connectivity index (χ2n) is 8.08. The molecule has 0 unspecified atom stereocenters. The minimum atomic E-state index is 0.635. The molecule has 2 aromatic carbocycles. The zero-order valence-corrected chi connectivity index (χ0v) is 19.6. The van der Waals surface area contributed by atoms with Crippen LogP contribution in [0.15, 0.2) is 70.3 Å². The number of rotatable bonds is 7. The van der Waals surface area contributed by atoms with Crippen LogP contribution >= 0.6 is 0 Å². The number of para-hydroxylation sites is 1. The first kappa shape index (κ1) is 22.3. The van der Waals surface area contributed by atoms with E-state index in [0.717, 1.165) is 46.3 Å². The number of hydrogen-bond donors (Lipinski definition) is 2. The molecule has 0 aliphatic carbocycles. The Morgan fingerprint density at radius 3 is 2.55 bits per heavy atom. The van der Waals surface area contributed by atoms with E-state index in [1.165, 1.54) is 5.56 Å². The van der Waals surface area contributed by atoms with Gasteiger partial charge >= 0.3 is 0 Å². The number of aryl methyl sites for hydroxylation is 3. The van der Waals surface area contributed by atoms with E-state index in [1.807, 2.05) is 35.9 Å². The molecule has 4 aromatic rings. The third-order valence-corrected chi connectivity index (χ3v) is 5.42. The van der Waals surface area contributed by atoms with Crippen molar-refractivity contribution >= 4 is 5.96 Å². The Morgan fingerprint density at radius 2 is 1.82 bits per heavy atom. The maximum absolute atomic E-state index is 5.65. The first-order chi connectivity index (χ1) is 16.0. The van der Waals surface area contributed by atoms with Crippen LogP contribution in [0.5, 0.6) is 0 Å². The molecule has 4 rings (SSSR count).